The maximum absolute atomic E-state index is 13.4. The van der Waals surface area contributed by atoms with Crippen LogP contribution in [0, 0.1) is 24.4 Å². The molecule has 0 fully saturated rings. The van der Waals surface area contributed by atoms with Crippen molar-refractivity contribution in [2.45, 2.75) is 19.9 Å². The van der Waals surface area contributed by atoms with Crippen molar-refractivity contribution in [2.75, 3.05) is 5.32 Å². The zero-order valence-electron chi connectivity index (χ0n) is 11.0. The Bertz CT molecular complexity index is 740. The Morgan fingerprint density at radius 2 is 2.00 bits per heavy atom. The van der Waals surface area contributed by atoms with Gasteiger partial charge in [0.15, 0.2) is 17.5 Å². The van der Waals surface area contributed by atoms with E-state index in [1.807, 2.05) is 0 Å². The van der Waals surface area contributed by atoms with E-state index in [0.717, 1.165) is 29.2 Å². The molecule has 21 heavy (non-hydrogen) atoms. The molecule has 0 saturated heterocycles. The van der Waals surface area contributed by atoms with Crippen LogP contribution in [-0.2, 0) is 11.3 Å². The summed E-state index contributed by atoms with van der Waals surface area (Å²) in [5, 5.41) is 3.81. The third kappa shape index (κ3) is 3.33. The summed E-state index contributed by atoms with van der Waals surface area (Å²) in [7, 11) is 0. The number of thiazole rings is 1. The number of aryl methyl sites for hydroxylation is 1. The fraction of sp³-hybridized carbons (Fsp3) is 0.231. The molecular formula is C13H11F3N2O2S. The predicted octanol–water partition coefficient (Wildman–Crippen LogP) is 2.66. The molecule has 112 valence electrons. The highest BCUT2D eigenvalue weighted by Crippen LogP contribution is 2.19. The highest BCUT2D eigenvalue weighted by molar-refractivity contribution is 7.07. The van der Waals surface area contributed by atoms with Gasteiger partial charge in [-0.3, -0.25) is 9.59 Å². The third-order valence-electron chi connectivity index (χ3n) is 2.85. The lowest BCUT2D eigenvalue weighted by Crippen LogP contribution is -2.20. The molecule has 0 aliphatic rings. The summed E-state index contributed by atoms with van der Waals surface area (Å²) < 4.78 is 40.6. The third-order valence-corrected chi connectivity index (χ3v) is 3.73. The lowest BCUT2D eigenvalue weighted by molar-refractivity contribution is -0.116. The van der Waals surface area contributed by atoms with Crippen LogP contribution in [0.3, 0.4) is 0 Å². The molecular weight excluding hydrogens is 305 g/mol. The summed E-state index contributed by atoms with van der Waals surface area (Å²) in [5.74, 6) is -5.02. The second-order valence-electron chi connectivity index (χ2n) is 4.32. The van der Waals surface area contributed by atoms with Crippen molar-refractivity contribution in [1.82, 2.24) is 4.57 Å². The van der Waals surface area contributed by atoms with E-state index in [1.165, 1.54) is 4.57 Å². The SMILES string of the molecule is Cc1csc(=O)n1CCC(=O)Nc1ccc(F)c(F)c1F. The first-order chi connectivity index (χ1) is 9.90. The maximum Gasteiger partial charge on any atom is 0.307 e. The first-order valence-corrected chi connectivity index (χ1v) is 6.86. The second-order valence-corrected chi connectivity index (χ2v) is 5.14. The van der Waals surface area contributed by atoms with Crippen molar-refractivity contribution in [2.24, 2.45) is 0 Å². The van der Waals surface area contributed by atoms with Crippen LogP contribution in [0.2, 0.25) is 0 Å². The van der Waals surface area contributed by atoms with Crippen molar-refractivity contribution < 1.29 is 18.0 Å². The van der Waals surface area contributed by atoms with Gasteiger partial charge in [-0.1, -0.05) is 11.3 Å². The molecule has 2 aromatic rings. The van der Waals surface area contributed by atoms with Crippen LogP contribution in [0.4, 0.5) is 18.9 Å². The van der Waals surface area contributed by atoms with Crippen LogP contribution >= 0.6 is 11.3 Å². The lowest BCUT2D eigenvalue weighted by atomic mass is 10.2. The van der Waals surface area contributed by atoms with Gasteiger partial charge in [-0.25, -0.2) is 13.2 Å². The molecule has 0 aliphatic carbocycles. The predicted molar refractivity (Wildman–Crippen MR) is 72.9 cm³/mol. The number of aromatic nitrogens is 1. The van der Waals surface area contributed by atoms with Crippen molar-refractivity contribution in [3.63, 3.8) is 0 Å². The van der Waals surface area contributed by atoms with Gasteiger partial charge in [0.25, 0.3) is 0 Å². The first kappa shape index (κ1) is 15.3. The number of nitrogens with one attached hydrogen (secondary N) is 1. The van der Waals surface area contributed by atoms with E-state index in [2.05, 4.69) is 5.32 Å². The fourth-order valence-corrected chi connectivity index (χ4v) is 2.48. The van der Waals surface area contributed by atoms with Crippen LogP contribution < -0.4 is 10.2 Å². The molecule has 1 aromatic heterocycles. The van der Waals surface area contributed by atoms with Gasteiger partial charge < -0.3 is 9.88 Å². The van der Waals surface area contributed by atoms with Crippen LogP contribution in [-0.4, -0.2) is 10.5 Å². The van der Waals surface area contributed by atoms with Gasteiger partial charge in [0.05, 0.1) is 5.69 Å². The van der Waals surface area contributed by atoms with Crippen molar-refractivity contribution >= 4 is 22.9 Å². The van der Waals surface area contributed by atoms with Gasteiger partial charge in [0, 0.05) is 24.0 Å². The number of hydrogen-bond donors (Lipinski definition) is 1. The number of benzene rings is 1. The van der Waals surface area contributed by atoms with Gasteiger partial charge in [-0.05, 0) is 19.1 Å². The van der Waals surface area contributed by atoms with Gasteiger partial charge in [-0.2, -0.15) is 0 Å². The Kier molecular flexibility index (Phi) is 4.46. The number of nitrogens with zero attached hydrogens (tertiary/aromatic N) is 1. The first-order valence-electron chi connectivity index (χ1n) is 5.98. The van der Waals surface area contributed by atoms with Crippen molar-refractivity contribution in [3.8, 4) is 0 Å². The molecule has 0 aliphatic heterocycles. The van der Waals surface area contributed by atoms with Gasteiger partial charge in [0.2, 0.25) is 5.91 Å². The monoisotopic (exact) mass is 316 g/mol. The number of amides is 1. The molecule has 0 spiro atoms. The van der Waals surface area contributed by atoms with Crippen LogP contribution in [0.15, 0.2) is 22.3 Å². The smallest absolute Gasteiger partial charge is 0.307 e. The average molecular weight is 316 g/mol. The molecule has 2 rings (SSSR count). The van der Waals surface area contributed by atoms with Crippen LogP contribution in [0.25, 0.3) is 0 Å². The fourth-order valence-electron chi connectivity index (χ4n) is 1.72. The number of rotatable bonds is 4. The number of anilines is 1. The van der Waals surface area contributed by atoms with Gasteiger partial charge >= 0.3 is 4.87 Å². The highest BCUT2D eigenvalue weighted by atomic mass is 32.1. The number of halogens is 3. The number of carbonyl (C=O) groups excluding carboxylic acids is 1. The van der Waals surface area contributed by atoms with E-state index in [-0.39, 0.29) is 17.8 Å². The summed E-state index contributed by atoms with van der Waals surface area (Å²) in [6.45, 7) is 1.86. The Balaban J connectivity index is 2.03. The normalized spacial score (nSPS) is 10.7. The molecule has 1 amide bonds. The van der Waals surface area contributed by atoms with E-state index in [9.17, 15) is 22.8 Å². The minimum atomic E-state index is -1.64. The van der Waals surface area contributed by atoms with Crippen molar-refractivity contribution in [3.05, 3.63) is 50.3 Å². The van der Waals surface area contributed by atoms with Gasteiger partial charge in [0.1, 0.15) is 0 Å². The molecule has 1 N–H and O–H groups in total. The van der Waals surface area contributed by atoms with Crippen LogP contribution in [0.1, 0.15) is 12.1 Å². The van der Waals surface area contributed by atoms with E-state index in [4.69, 9.17) is 0 Å². The van der Waals surface area contributed by atoms with E-state index in [1.54, 1.807) is 12.3 Å². The Morgan fingerprint density at radius 3 is 2.62 bits per heavy atom. The minimum absolute atomic E-state index is 0.0874. The molecule has 0 unspecified atom stereocenters. The van der Waals surface area contributed by atoms with Gasteiger partial charge in [-0.15, -0.1) is 0 Å². The molecule has 8 heteroatoms. The summed E-state index contributed by atoms with van der Waals surface area (Å²) in [5.41, 5.74) is 0.282. The molecule has 1 aromatic carbocycles. The topological polar surface area (TPSA) is 51.1 Å². The zero-order chi connectivity index (χ0) is 15.6. The Hall–Kier alpha value is -2.09. The Labute approximate surface area is 121 Å². The average Bonchev–Trinajstić information content (AvgIpc) is 2.76. The molecule has 0 saturated carbocycles. The quantitative estimate of drug-likeness (QED) is 0.882. The van der Waals surface area contributed by atoms with E-state index >= 15 is 0 Å². The van der Waals surface area contributed by atoms with E-state index in [0.29, 0.717) is 0 Å². The maximum atomic E-state index is 13.4. The highest BCUT2D eigenvalue weighted by Gasteiger charge is 2.15. The summed E-state index contributed by atoms with van der Waals surface area (Å²) in [6.07, 6.45) is -0.0874. The Morgan fingerprint density at radius 1 is 1.29 bits per heavy atom. The molecule has 0 bridgehead atoms. The van der Waals surface area contributed by atoms with Crippen molar-refractivity contribution in [1.29, 1.82) is 0 Å². The summed E-state index contributed by atoms with van der Waals surface area (Å²) in [6, 6.07) is 1.66. The number of carbonyl (C=O) groups is 1. The zero-order valence-corrected chi connectivity index (χ0v) is 11.8. The second kappa shape index (κ2) is 6.13. The summed E-state index contributed by atoms with van der Waals surface area (Å²) >= 11 is 1.02. The molecule has 0 atom stereocenters. The van der Waals surface area contributed by atoms with Crippen LogP contribution in [0.5, 0.6) is 0 Å². The largest absolute Gasteiger partial charge is 0.323 e. The number of hydrogen-bond acceptors (Lipinski definition) is 3. The molecule has 1 heterocycles. The standard InChI is InChI=1S/C13H11F3N2O2S/c1-7-6-21-13(20)18(7)5-4-10(19)17-9-3-2-8(14)11(15)12(9)16/h2-3,6H,4-5H2,1H3,(H,17,19). The summed E-state index contributed by atoms with van der Waals surface area (Å²) in [4.78, 5) is 22.9. The lowest BCUT2D eigenvalue weighted by Gasteiger charge is -2.08. The molecule has 4 nitrogen and oxygen atoms in total. The molecule has 0 radical (unpaired) electrons. The minimum Gasteiger partial charge on any atom is -0.323 e. The van der Waals surface area contributed by atoms with E-state index < -0.39 is 29.0 Å².